The van der Waals surface area contributed by atoms with Crippen LogP contribution in [0.2, 0.25) is 0 Å². The number of hydrogen-bond acceptors (Lipinski definition) is 5. The van der Waals surface area contributed by atoms with Gasteiger partial charge in [0.2, 0.25) is 0 Å². The molecule has 0 bridgehead atoms. The number of carbonyl (C=O) groups excluding carboxylic acids is 2. The van der Waals surface area contributed by atoms with Crippen LogP contribution >= 0.6 is 0 Å². The smallest absolute Gasteiger partial charge is 0.416 e. The number of nitrogens with one attached hydrogen (secondary N) is 1. The summed E-state index contributed by atoms with van der Waals surface area (Å²) in [6, 6.07) is 4.86. The third-order valence-electron chi connectivity index (χ3n) is 6.46. The molecule has 1 saturated heterocycles. The van der Waals surface area contributed by atoms with E-state index in [-0.39, 0.29) is 36.1 Å². The molecule has 1 fully saturated rings. The standard InChI is InChI=1S/C25H28F3NO4/c1-14-20(23(31)33-13-17-8-5-9-32-17)21(15-6-4-7-16(10-15)25(26,27)28)22-18(29-14)11-24(2,3)12-19(22)30/h4,6-7,10-11,17,21-22,29H,5,8-9,12-13H2,1-3H3. The van der Waals surface area contributed by atoms with E-state index in [2.05, 4.69) is 5.32 Å². The van der Waals surface area contributed by atoms with Gasteiger partial charge in [-0.25, -0.2) is 4.79 Å². The molecule has 0 radical (unpaired) electrons. The van der Waals surface area contributed by atoms with Gasteiger partial charge in [-0.1, -0.05) is 38.1 Å². The Morgan fingerprint density at radius 3 is 2.70 bits per heavy atom. The van der Waals surface area contributed by atoms with Gasteiger partial charge in [0, 0.05) is 30.3 Å². The number of halogens is 3. The maximum atomic E-state index is 13.5. The van der Waals surface area contributed by atoms with Crippen molar-refractivity contribution in [3.05, 3.63) is 58.4 Å². The average Bonchev–Trinajstić information content (AvgIpc) is 3.23. The molecule has 1 aromatic rings. The number of carbonyl (C=O) groups is 2. The lowest BCUT2D eigenvalue weighted by molar-refractivity contribution is -0.143. The van der Waals surface area contributed by atoms with Crippen LogP contribution in [-0.2, 0) is 25.2 Å². The van der Waals surface area contributed by atoms with Crippen molar-refractivity contribution in [2.75, 3.05) is 13.2 Å². The van der Waals surface area contributed by atoms with Crippen LogP contribution in [0.1, 0.15) is 57.1 Å². The van der Waals surface area contributed by atoms with E-state index < -0.39 is 35.0 Å². The lowest BCUT2D eigenvalue weighted by Gasteiger charge is -2.41. The van der Waals surface area contributed by atoms with Crippen LogP contribution in [0.3, 0.4) is 0 Å². The summed E-state index contributed by atoms with van der Waals surface area (Å²) in [5, 5.41) is 3.17. The summed E-state index contributed by atoms with van der Waals surface area (Å²) in [6.07, 6.45) is -0.888. The van der Waals surface area contributed by atoms with E-state index in [0.29, 0.717) is 18.0 Å². The fourth-order valence-corrected chi connectivity index (χ4v) is 5.03. The summed E-state index contributed by atoms with van der Waals surface area (Å²) < 4.78 is 51.4. The highest BCUT2D eigenvalue weighted by molar-refractivity contribution is 5.96. The molecular formula is C25H28F3NO4. The first kappa shape index (κ1) is 23.5. The van der Waals surface area contributed by atoms with Crippen molar-refractivity contribution in [2.45, 2.75) is 58.2 Å². The van der Waals surface area contributed by atoms with E-state index in [9.17, 15) is 22.8 Å². The number of allylic oxidation sites excluding steroid dienone is 3. The molecule has 2 heterocycles. The number of hydrogen-bond donors (Lipinski definition) is 1. The van der Waals surface area contributed by atoms with Crippen LogP contribution < -0.4 is 5.32 Å². The lowest BCUT2D eigenvalue weighted by atomic mass is 9.66. The molecule has 5 nitrogen and oxygen atoms in total. The van der Waals surface area contributed by atoms with Crippen molar-refractivity contribution in [1.82, 2.24) is 5.32 Å². The van der Waals surface area contributed by atoms with Gasteiger partial charge in [-0.2, -0.15) is 13.2 Å². The SMILES string of the molecule is CC1=C(C(=O)OCC2CCCO2)C(c2cccc(C(F)(F)F)c2)C2C(=O)CC(C)(C)C=C2N1. The van der Waals surface area contributed by atoms with Crippen molar-refractivity contribution < 1.29 is 32.2 Å². The molecule has 3 aliphatic rings. The normalized spacial score (nSPS) is 27.0. The van der Waals surface area contributed by atoms with Gasteiger partial charge >= 0.3 is 12.1 Å². The fraction of sp³-hybridized carbons (Fsp3) is 0.520. The molecule has 1 aromatic carbocycles. The molecule has 3 atom stereocenters. The first-order valence-corrected chi connectivity index (χ1v) is 11.2. The molecule has 3 unspecified atom stereocenters. The fourth-order valence-electron chi connectivity index (χ4n) is 5.03. The Hall–Kier alpha value is -2.61. The second-order valence-electron chi connectivity index (χ2n) is 9.71. The summed E-state index contributed by atoms with van der Waals surface area (Å²) in [6.45, 7) is 6.23. The van der Waals surface area contributed by atoms with E-state index in [4.69, 9.17) is 9.47 Å². The summed E-state index contributed by atoms with van der Waals surface area (Å²) in [5.41, 5.74) is 0.319. The molecule has 0 spiro atoms. The van der Waals surface area contributed by atoms with Crippen LogP contribution in [0.15, 0.2) is 47.3 Å². The monoisotopic (exact) mass is 463 g/mol. The number of rotatable bonds is 4. The Kier molecular flexibility index (Phi) is 6.16. The van der Waals surface area contributed by atoms with E-state index >= 15 is 0 Å². The van der Waals surface area contributed by atoms with E-state index in [1.165, 1.54) is 12.1 Å². The van der Waals surface area contributed by atoms with Crippen molar-refractivity contribution in [3.63, 3.8) is 0 Å². The molecule has 0 aromatic heterocycles. The minimum absolute atomic E-state index is 0.0687. The van der Waals surface area contributed by atoms with Gasteiger partial charge in [0.15, 0.2) is 0 Å². The second kappa shape index (κ2) is 8.63. The van der Waals surface area contributed by atoms with Gasteiger partial charge in [-0.05, 0) is 36.8 Å². The number of fused-ring (bicyclic) bond motifs is 1. The maximum Gasteiger partial charge on any atom is 0.416 e. The average molecular weight is 463 g/mol. The van der Waals surface area contributed by atoms with Crippen LogP contribution in [0.25, 0.3) is 0 Å². The third kappa shape index (κ3) is 4.86. The number of alkyl halides is 3. The largest absolute Gasteiger partial charge is 0.460 e. The predicted octanol–water partition coefficient (Wildman–Crippen LogP) is 4.89. The minimum Gasteiger partial charge on any atom is -0.460 e. The first-order valence-electron chi connectivity index (χ1n) is 11.2. The number of Topliss-reactive ketones (excluding diaryl/α,β-unsaturated/α-hetero) is 1. The summed E-state index contributed by atoms with van der Waals surface area (Å²) in [5.74, 6) is -2.42. The van der Waals surface area contributed by atoms with Gasteiger partial charge < -0.3 is 14.8 Å². The van der Waals surface area contributed by atoms with Gasteiger partial charge in [0.25, 0.3) is 0 Å². The Labute approximate surface area is 191 Å². The van der Waals surface area contributed by atoms with Gasteiger partial charge in [-0.3, -0.25) is 4.79 Å². The molecule has 8 heteroatoms. The van der Waals surface area contributed by atoms with Gasteiger partial charge in [0.1, 0.15) is 12.4 Å². The molecule has 0 amide bonds. The molecule has 1 aliphatic carbocycles. The number of benzene rings is 1. The topological polar surface area (TPSA) is 64.6 Å². The highest BCUT2D eigenvalue weighted by atomic mass is 19.4. The molecular weight excluding hydrogens is 435 g/mol. The predicted molar refractivity (Wildman–Crippen MR) is 115 cm³/mol. The maximum absolute atomic E-state index is 13.5. The summed E-state index contributed by atoms with van der Waals surface area (Å²) >= 11 is 0. The van der Waals surface area contributed by atoms with Crippen LogP contribution in [0.4, 0.5) is 13.2 Å². The zero-order valence-electron chi connectivity index (χ0n) is 18.9. The van der Waals surface area contributed by atoms with Gasteiger partial charge in [0.05, 0.1) is 23.2 Å². The number of ether oxygens (including phenoxy) is 2. The summed E-state index contributed by atoms with van der Waals surface area (Å²) in [4.78, 5) is 26.5. The summed E-state index contributed by atoms with van der Waals surface area (Å²) in [7, 11) is 0. The molecule has 2 aliphatic heterocycles. The van der Waals surface area contributed by atoms with Crippen LogP contribution in [0.5, 0.6) is 0 Å². The highest BCUT2D eigenvalue weighted by Crippen LogP contribution is 2.47. The third-order valence-corrected chi connectivity index (χ3v) is 6.46. The van der Waals surface area contributed by atoms with Crippen molar-refractivity contribution in [3.8, 4) is 0 Å². The first-order chi connectivity index (χ1) is 15.5. The Morgan fingerprint density at radius 2 is 2.03 bits per heavy atom. The Morgan fingerprint density at radius 1 is 1.27 bits per heavy atom. The van der Waals surface area contributed by atoms with Crippen molar-refractivity contribution in [1.29, 1.82) is 0 Å². The zero-order chi connectivity index (χ0) is 24.0. The second-order valence-corrected chi connectivity index (χ2v) is 9.71. The Balaban J connectivity index is 1.77. The van der Waals surface area contributed by atoms with Gasteiger partial charge in [-0.15, -0.1) is 0 Å². The Bertz CT molecular complexity index is 1020. The van der Waals surface area contributed by atoms with Crippen LogP contribution in [-0.4, -0.2) is 31.1 Å². The molecule has 0 saturated carbocycles. The molecule has 178 valence electrons. The minimum atomic E-state index is -4.54. The lowest BCUT2D eigenvalue weighted by Crippen LogP contribution is -2.43. The van der Waals surface area contributed by atoms with Crippen LogP contribution in [0, 0.1) is 11.3 Å². The zero-order valence-corrected chi connectivity index (χ0v) is 18.9. The van der Waals surface area contributed by atoms with E-state index in [1.807, 2.05) is 19.9 Å². The molecule has 1 N–H and O–H groups in total. The highest BCUT2D eigenvalue weighted by Gasteiger charge is 2.46. The van der Waals surface area contributed by atoms with Crippen molar-refractivity contribution in [2.24, 2.45) is 11.3 Å². The van der Waals surface area contributed by atoms with E-state index in [0.717, 1.165) is 25.0 Å². The number of ketones is 1. The molecule has 4 rings (SSSR count). The molecule has 33 heavy (non-hydrogen) atoms. The number of esters is 1. The van der Waals surface area contributed by atoms with E-state index in [1.54, 1.807) is 6.92 Å². The quantitative estimate of drug-likeness (QED) is 0.645. The van der Waals surface area contributed by atoms with Crippen molar-refractivity contribution >= 4 is 11.8 Å².